The summed E-state index contributed by atoms with van der Waals surface area (Å²) in [4.78, 5) is 0. The Labute approximate surface area is 192 Å². The number of hydrogen-bond donors (Lipinski definition) is 7. The van der Waals surface area contributed by atoms with Crippen LogP contribution in [0.4, 0.5) is 0 Å². The largest absolute Gasteiger partial charge is 0.394 e. The Kier molecular flexibility index (Phi) is 9.40. The number of aliphatic hydroxyl groups is 7. The quantitative estimate of drug-likeness (QED) is 0.191. The fraction of sp³-hybridized carbons (Fsp3) is 0.818. The van der Waals surface area contributed by atoms with Crippen LogP contribution in [0.25, 0.3) is 0 Å². The van der Waals surface area contributed by atoms with Crippen molar-refractivity contribution in [1.29, 1.82) is 0 Å². The number of hydrogen-bond acceptors (Lipinski definition) is 11. The fourth-order valence-corrected chi connectivity index (χ4v) is 4.31. The van der Waals surface area contributed by atoms with E-state index in [9.17, 15) is 35.7 Å². The molecule has 11 nitrogen and oxygen atoms in total. The molecule has 7 N–H and O–H groups in total. The Morgan fingerprint density at radius 2 is 1.55 bits per heavy atom. The zero-order valence-corrected chi connectivity index (χ0v) is 18.6. The highest BCUT2D eigenvalue weighted by Gasteiger charge is 2.50. The monoisotopic (exact) mass is 476 g/mol. The average Bonchev–Trinajstić information content (AvgIpc) is 2.81. The Balaban J connectivity index is 1.70. The highest BCUT2D eigenvalue weighted by atomic mass is 16.8. The van der Waals surface area contributed by atoms with E-state index in [-0.39, 0.29) is 12.5 Å². The Morgan fingerprint density at radius 1 is 0.939 bits per heavy atom. The summed E-state index contributed by atoms with van der Waals surface area (Å²) in [6.45, 7) is 4.99. The minimum Gasteiger partial charge on any atom is -0.394 e. The number of allylic oxidation sites excluding steroid dienone is 2. The standard InChI is InChI=1S/C22H36O11/c1-10-3-5-12(6-4-10)11(2)9-30-22-20(18(28)16(26)14(8-24)32-22)33-21-19(29)17(27)15(25)13(7-23)31-21/h3,12-29H,2,4-9H2,1H3. The van der Waals surface area contributed by atoms with E-state index in [1.54, 1.807) is 0 Å². The van der Waals surface area contributed by atoms with Crippen LogP contribution in [-0.4, -0.2) is 117 Å². The predicted molar refractivity (Wildman–Crippen MR) is 113 cm³/mol. The van der Waals surface area contributed by atoms with E-state index in [0.717, 1.165) is 24.8 Å². The first-order valence-electron chi connectivity index (χ1n) is 11.2. The van der Waals surface area contributed by atoms with Gasteiger partial charge in [0.05, 0.1) is 19.8 Å². The van der Waals surface area contributed by atoms with Crippen molar-refractivity contribution in [3.8, 4) is 0 Å². The van der Waals surface area contributed by atoms with E-state index < -0.39 is 74.6 Å². The molecular weight excluding hydrogens is 440 g/mol. The van der Waals surface area contributed by atoms with Crippen LogP contribution in [0.3, 0.4) is 0 Å². The van der Waals surface area contributed by atoms with Gasteiger partial charge >= 0.3 is 0 Å². The minimum atomic E-state index is -1.71. The second-order valence-corrected chi connectivity index (χ2v) is 9.00. The second kappa shape index (κ2) is 11.6. The van der Waals surface area contributed by atoms with Crippen LogP contribution in [0, 0.1) is 5.92 Å². The van der Waals surface area contributed by atoms with Gasteiger partial charge in [0.25, 0.3) is 0 Å². The van der Waals surface area contributed by atoms with Crippen LogP contribution in [0.1, 0.15) is 26.2 Å². The van der Waals surface area contributed by atoms with E-state index in [2.05, 4.69) is 19.6 Å². The summed E-state index contributed by atoms with van der Waals surface area (Å²) in [6, 6.07) is 0. The average molecular weight is 477 g/mol. The first-order chi connectivity index (χ1) is 15.7. The molecule has 11 atom stereocenters. The molecule has 2 heterocycles. The van der Waals surface area contributed by atoms with Crippen LogP contribution in [0.2, 0.25) is 0 Å². The summed E-state index contributed by atoms with van der Waals surface area (Å²) in [5.41, 5.74) is 2.14. The smallest absolute Gasteiger partial charge is 0.187 e. The van der Waals surface area contributed by atoms with E-state index in [4.69, 9.17) is 18.9 Å². The predicted octanol–water partition coefficient (Wildman–Crippen LogP) is -2.07. The molecule has 33 heavy (non-hydrogen) atoms. The first-order valence-corrected chi connectivity index (χ1v) is 11.2. The van der Waals surface area contributed by atoms with Crippen molar-refractivity contribution in [3.05, 3.63) is 23.8 Å². The Hall–Kier alpha value is -0.960. The molecule has 0 aromatic carbocycles. The van der Waals surface area contributed by atoms with Crippen LogP contribution in [0.5, 0.6) is 0 Å². The van der Waals surface area contributed by atoms with E-state index in [1.165, 1.54) is 5.57 Å². The lowest BCUT2D eigenvalue weighted by atomic mass is 9.85. The third-order valence-corrected chi connectivity index (χ3v) is 6.61. The van der Waals surface area contributed by atoms with E-state index >= 15 is 0 Å². The van der Waals surface area contributed by atoms with Crippen LogP contribution < -0.4 is 0 Å². The lowest BCUT2D eigenvalue weighted by Crippen LogP contribution is -2.64. The summed E-state index contributed by atoms with van der Waals surface area (Å²) in [5, 5.41) is 70.0. The molecule has 0 amide bonds. The maximum Gasteiger partial charge on any atom is 0.187 e. The van der Waals surface area contributed by atoms with Gasteiger partial charge in [-0.3, -0.25) is 0 Å². The molecule has 3 rings (SSSR count). The van der Waals surface area contributed by atoms with Crippen LogP contribution >= 0.6 is 0 Å². The van der Waals surface area contributed by atoms with Crippen LogP contribution in [0.15, 0.2) is 23.8 Å². The summed E-state index contributed by atoms with van der Waals surface area (Å²) < 4.78 is 22.4. The third kappa shape index (κ3) is 6.00. The van der Waals surface area contributed by atoms with Crippen molar-refractivity contribution in [2.45, 2.75) is 87.6 Å². The van der Waals surface area contributed by atoms with Crippen molar-refractivity contribution in [3.63, 3.8) is 0 Å². The molecule has 2 saturated heterocycles. The van der Waals surface area contributed by atoms with E-state index in [1.807, 2.05) is 0 Å². The second-order valence-electron chi connectivity index (χ2n) is 9.00. The van der Waals surface area contributed by atoms with Crippen LogP contribution in [-0.2, 0) is 18.9 Å². The van der Waals surface area contributed by atoms with Gasteiger partial charge in [-0.2, -0.15) is 0 Å². The van der Waals surface area contributed by atoms with Crippen molar-refractivity contribution < 1.29 is 54.7 Å². The van der Waals surface area contributed by atoms with Gasteiger partial charge in [0.15, 0.2) is 12.6 Å². The summed E-state index contributed by atoms with van der Waals surface area (Å²) in [6.07, 6.45) is -9.79. The van der Waals surface area contributed by atoms with Gasteiger partial charge in [-0.1, -0.05) is 18.2 Å². The molecule has 0 aromatic heterocycles. The number of ether oxygens (including phenoxy) is 4. The Morgan fingerprint density at radius 3 is 2.12 bits per heavy atom. The van der Waals surface area contributed by atoms with Crippen molar-refractivity contribution in [2.24, 2.45) is 5.92 Å². The van der Waals surface area contributed by atoms with Gasteiger partial charge in [0.2, 0.25) is 0 Å². The van der Waals surface area contributed by atoms with Crippen molar-refractivity contribution >= 4 is 0 Å². The van der Waals surface area contributed by atoms with Gasteiger partial charge in [0, 0.05) is 0 Å². The molecule has 0 saturated carbocycles. The minimum absolute atomic E-state index is 0.0672. The maximum absolute atomic E-state index is 10.6. The zero-order valence-electron chi connectivity index (χ0n) is 18.6. The highest BCUT2D eigenvalue weighted by Crippen LogP contribution is 2.32. The normalized spacial score (nSPS) is 44.4. The molecule has 2 aliphatic heterocycles. The molecule has 11 heteroatoms. The lowest BCUT2D eigenvalue weighted by Gasteiger charge is -2.46. The van der Waals surface area contributed by atoms with Crippen molar-refractivity contribution in [1.82, 2.24) is 0 Å². The molecule has 2 fully saturated rings. The maximum atomic E-state index is 10.6. The summed E-state index contributed by atoms with van der Waals surface area (Å²) in [7, 11) is 0. The number of rotatable bonds is 8. The molecular formula is C22H36O11. The molecule has 3 aliphatic rings. The summed E-state index contributed by atoms with van der Waals surface area (Å²) in [5.74, 6) is 0.214. The van der Waals surface area contributed by atoms with Gasteiger partial charge in [-0.25, -0.2) is 0 Å². The summed E-state index contributed by atoms with van der Waals surface area (Å²) >= 11 is 0. The van der Waals surface area contributed by atoms with Crippen molar-refractivity contribution in [2.75, 3.05) is 19.8 Å². The SMILES string of the molecule is C=C(COC1OC(CO)C(O)C(O)C1OC1OC(CO)C(O)C(O)C1O)C1CC=C(C)CC1. The molecule has 11 unspecified atom stereocenters. The molecule has 0 spiro atoms. The molecule has 190 valence electrons. The fourth-order valence-electron chi connectivity index (χ4n) is 4.31. The molecule has 0 aromatic rings. The molecule has 0 radical (unpaired) electrons. The van der Waals surface area contributed by atoms with E-state index in [0.29, 0.717) is 0 Å². The molecule has 0 bridgehead atoms. The first kappa shape index (κ1) is 26.6. The van der Waals surface area contributed by atoms with Gasteiger partial charge in [0.1, 0.15) is 48.8 Å². The van der Waals surface area contributed by atoms with Gasteiger partial charge in [-0.05, 0) is 37.7 Å². The topological polar surface area (TPSA) is 179 Å². The lowest BCUT2D eigenvalue weighted by molar-refractivity contribution is -0.366. The third-order valence-electron chi connectivity index (χ3n) is 6.61. The zero-order chi connectivity index (χ0) is 24.3. The molecule has 1 aliphatic carbocycles. The van der Waals surface area contributed by atoms with Gasteiger partial charge < -0.3 is 54.7 Å². The highest BCUT2D eigenvalue weighted by molar-refractivity contribution is 5.12. The Bertz CT molecular complexity index is 683. The van der Waals surface area contributed by atoms with Gasteiger partial charge in [-0.15, -0.1) is 0 Å². The number of aliphatic hydroxyl groups excluding tert-OH is 7.